The SMILES string of the molecule is CNc1cc(Nc2cccn(-c3cccc(F)c3)c2=O)nc2c(C(=O)NC3COC[C@@H]3O)cnn12. The van der Waals surface area contributed by atoms with Crippen LogP contribution in [0, 0.1) is 5.82 Å². The van der Waals surface area contributed by atoms with Gasteiger partial charge >= 0.3 is 0 Å². The second-order valence-electron chi connectivity index (χ2n) is 7.96. The lowest BCUT2D eigenvalue weighted by molar-refractivity contribution is 0.0888. The highest BCUT2D eigenvalue weighted by Crippen LogP contribution is 2.21. The monoisotopic (exact) mass is 479 g/mol. The number of nitrogens with zero attached hydrogens (tertiary/aromatic N) is 4. The van der Waals surface area contributed by atoms with Crippen molar-refractivity contribution in [2.45, 2.75) is 12.1 Å². The summed E-state index contributed by atoms with van der Waals surface area (Å²) in [6.45, 7) is 0.361. The summed E-state index contributed by atoms with van der Waals surface area (Å²) >= 11 is 0. The van der Waals surface area contributed by atoms with Gasteiger partial charge in [-0.15, -0.1) is 0 Å². The van der Waals surface area contributed by atoms with Crippen molar-refractivity contribution in [3.8, 4) is 5.69 Å². The summed E-state index contributed by atoms with van der Waals surface area (Å²) in [4.78, 5) is 30.4. The molecular weight excluding hydrogens is 457 g/mol. The van der Waals surface area contributed by atoms with Crippen LogP contribution in [0.4, 0.5) is 21.7 Å². The van der Waals surface area contributed by atoms with Crippen LogP contribution in [0.25, 0.3) is 11.3 Å². The molecule has 0 bridgehead atoms. The van der Waals surface area contributed by atoms with Crippen molar-refractivity contribution in [1.29, 1.82) is 0 Å². The molecule has 180 valence electrons. The van der Waals surface area contributed by atoms with Crippen LogP contribution in [0.3, 0.4) is 0 Å². The molecule has 4 N–H and O–H groups in total. The predicted molar refractivity (Wildman–Crippen MR) is 126 cm³/mol. The van der Waals surface area contributed by atoms with Crippen LogP contribution < -0.4 is 21.5 Å². The average molecular weight is 479 g/mol. The molecule has 12 heteroatoms. The first kappa shape index (κ1) is 22.5. The van der Waals surface area contributed by atoms with Crippen molar-refractivity contribution >= 4 is 28.9 Å². The molecule has 1 fully saturated rings. The van der Waals surface area contributed by atoms with Crippen LogP contribution in [0.1, 0.15) is 10.4 Å². The molecular formula is C23H22FN7O4. The Labute approximate surface area is 198 Å². The van der Waals surface area contributed by atoms with Gasteiger partial charge < -0.3 is 25.8 Å². The van der Waals surface area contributed by atoms with Crippen molar-refractivity contribution in [2.75, 3.05) is 30.9 Å². The summed E-state index contributed by atoms with van der Waals surface area (Å²) in [6.07, 6.45) is 2.12. The van der Waals surface area contributed by atoms with Crippen LogP contribution in [0.5, 0.6) is 0 Å². The summed E-state index contributed by atoms with van der Waals surface area (Å²) in [5, 5.41) is 22.9. The van der Waals surface area contributed by atoms with Gasteiger partial charge in [-0.2, -0.15) is 9.61 Å². The van der Waals surface area contributed by atoms with E-state index in [9.17, 15) is 19.1 Å². The Morgan fingerprint density at radius 2 is 2.09 bits per heavy atom. The molecule has 1 aliphatic rings. The minimum atomic E-state index is -0.794. The molecule has 4 heterocycles. The third kappa shape index (κ3) is 4.32. The smallest absolute Gasteiger partial charge is 0.278 e. The molecule has 35 heavy (non-hydrogen) atoms. The number of pyridine rings is 1. The number of nitrogens with one attached hydrogen (secondary N) is 3. The fraction of sp³-hybridized carbons (Fsp3) is 0.217. The topological polar surface area (TPSA) is 135 Å². The standard InChI is InChI=1S/C23H22FN7O4/c1-25-20-9-19(27-16-6-3-7-30(23(16)34)14-5-2-4-13(24)8-14)29-21-15(10-26-31(20)21)22(33)28-17-11-35-12-18(17)32/h2-10,17-18,25,32H,11-12H2,1H3,(H,27,29)(H,28,33)/t17?,18-/m0/s1. The Bertz CT molecular complexity index is 1470. The summed E-state index contributed by atoms with van der Waals surface area (Å²) < 4.78 is 21.6. The molecule has 1 saturated heterocycles. The highest BCUT2D eigenvalue weighted by atomic mass is 19.1. The Balaban J connectivity index is 1.49. The van der Waals surface area contributed by atoms with Gasteiger partial charge in [0.15, 0.2) is 5.65 Å². The fourth-order valence-corrected chi connectivity index (χ4v) is 3.85. The molecule has 0 radical (unpaired) electrons. The van der Waals surface area contributed by atoms with Crippen LogP contribution in [0.15, 0.2) is 59.7 Å². The lowest BCUT2D eigenvalue weighted by atomic mass is 10.2. The summed E-state index contributed by atoms with van der Waals surface area (Å²) in [7, 11) is 1.69. The molecule has 1 amide bonds. The van der Waals surface area contributed by atoms with E-state index in [4.69, 9.17) is 4.74 Å². The zero-order valence-electron chi connectivity index (χ0n) is 18.6. The molecule has 1 aliphatic heterocycles. The number of aromatic nitrogens is 4. The molecule has 11 nitrogen and oxygen atoms in total. The van der Waals surface area contributed by atoms with Crippen molar-refractivity contribution in [3.05, 3.63) is 76.6 Å². The molecule has 1 aromatic carbocycles. The molecule has 5 rings (SSSR count). The number of ether oxygens (including phenoxy) is 1. The number of carbonyl (C=O) groups is 1. The molecule has 4 aromatic rings. The number of aliphatic hydroxyl groups excluding tert-OH is 1. The Kier molecular flexibility index (Phi) is 5.89. The Hall–Kier alpha value is -4.29. The third-order valence-electron chi connectivity index (χ3n) is 5.64. The van der Waals surface area contributed by atoms with Gasteiger partial charge in [0.2, 0.25) is 0 Å². The van der Waals surface area contributed by atoms with E-state index in [0.717, 1.165) is 0 Å². The highest BCUT2D eigenvalue weighted by molar-refractivity contribution is 6.00. The maximum Gasteiger partial charge on any atom is 0.278 e. The first-order chi connectivity index (χ1) is 16.9. The number of halogens is 1. The fourth-order valence-electron chi connectivity index (χ4n) is 3.85. The van der Waals surface area contributed by atoms with Gasteiger partial charge in [-0.1, -0.05) is 6.07 Å². The zero-order valence-corrected chi connectivity index (χ0v) is 18.6. The second-order valence-corrected chi connectivity index (χ2v) is 7.96. The maximum atomic E-state index is 13.7. The summed E-state index contributed by atoms with van der Waals surface area (Å²) in [5.74, 6) is -0.118. The first-order valence-corrected chi connectivity index (χ1v) is 10.8. The number of amides is 1. The van der Waals surface area contributed by atoms with E-state index >= 15 is 0 Å². The first-order valence-electron chi connectivity index (χ1n) is 10.8. The molecule has 2 atom stereocenters. The molecule has 1 unspecified atom stereocenters. The molecule has 0 aliphatic carbocycles. The molecule has 0 saturated carbocycles. The van der Waals surface area contributed by atoms with E-state index in [1.54, 1.807) is 37.5 Å². The minimum Gasteiger partial charge on any atom is -0.388 e. The Morgan fingerprint density at radius 3 is 2.83 bits per heavy atom. The minimum absolute atomic E-state index is 0.153. The van der Waals surface area contributed by atoms with Gasteiger partial charge in [0.25, 0.3) is 11.5 Å². The lowest BCUT2D eigenvalue weighted by Crippen LogP contribution is -2.42. The van der Waals surface area contributed by atoms with Crippen LogP contribution in [-0.4, -0.2) is 62.6 Å². The number of aliphatic hydroxyl groups is 1. The van der Waals surface area contributed by atoms with Gasteiger partial charge in [-0.25, -0.2) is 9.37 Å². The number of fused-ring (bicyclic) bond motifs is 1. The normalized spacial score (nSPS) is 17.5. The van der Waals surface area contributed by atoms with Gasteiger partial charge in [0.05, 0.1) is 37.2 Å². The van der Waals surface area contributed by atoms with E-state index in [2.05, 4.69) is 26.0 Å². The second kappa shape index (κ2) is 9.16. The number of hydrogen-bond acceptors (Lipinski definition) is 8. The van der Waals surface area contributed by atoms with E-state index in [1.807, 2.05) is 0 Å². The largest absolute Gasteiger partial charge is 0.388 e. The van der Waals surface area contributed by atoms with Crippen LogP contribution in [0.2, 0.25) is 0 Å². The number of benzene rings is 1. The van der Waals surface area contributed by atoms with Crippen LogP contribution in [-0.2, 0) is 4.74 Å². The summed E-state index contributed by atoms with van der Waals surface area (Å²) in [5.41, 5.74) is 0.604. The van der Waals surface area contributed by atoms with E-state index < -0.39 is 29.4 Å². The van der Waals surface area contributed by atoms with Gasteiger partial charge in [0, 0.05) is 19.3 Å². The van der Waals surface area contributed by atoms with Crippen LogP contribution >= 0.6 is 0 Å². The quantitative estimate of drug-likeness (QED) is 0.325. The van der Waals surface area contributed by atoms with Crippen molar-refractivity contribution < 1.29 is 19.0 Å². The number of hydrogen-bond donors (Lipinski definition) is 4. The van der Waals surface area contributed by atoms with Gasteiger partial charge in [-0.3, -0.25) is 14.2 Å². The van der Waals surface area contributed by atoms with Crippen molar-refractivity contribution in [3.63, 3.8) is 0 Å². The zero-order chi connectivity index (χ0) is 24.5. The van der Waals surface area contributed by atoms with E-state index in [0.29, 0.717) is 11.5 Å². The predicted octanol–water partition coefficient (Wildman–Crippen LogP) is 1.29. The van der Waals surface area contributed by atoms with E-state index in [1.165, 1.54) is 33.5 Å². The van der Waals surface area contributed by atoms with Crippen molar-refractivity contribution in [2.24, 2.45) is 0 Å². The van der Waals surface area contributed by atoms with Gasteiger partial charge in [-0.05, 0) is 30.3 Å². The average Bonchev–Trinajstić information content (AvgIpc) is 3.46. The molecule has 0 spiro atoms. The Morgan fingerprint density at radius 1 is 1.23 bits per heavy atom. The number of anilines is 3. The number of rotatable bonds is 6. The van der Waals surface area contributed by atoms with Gasteiger partial charge in [0.1, 0.15) is 28.7 Å². The number of carbonyl (C=O) groups excluding carboxylic acids is 1. The third-order valence-corrected chi connectivity index (χ3v) is 5.64. The van der Waals surface area contributed by atoms with E-state index in [-0.39, 0.29) is 35.9 Å². The maximum absolute atomic E-state index is 13.7. The molecule has 3 aromatic heterocycles. The van der Waals surface area contributed by atoms with Crippen molar-refractivity contribution in [1.82, 2.24) is 24.5 Å². The summed E-state index contributed by atoms with van der Waals surface area (Å²) in [6, 6.07) is 10.0. The lowest BCUT2D eigenvalue weighted by Gasteiger charge is -2.14. The highest BCUT2D eigenvalue weighted by Gasteiger charge is 2.29.